The zero-order chi connectivity index (χ0) is 18.9. The fraction of sp³-hybridized carbons (Fsp3) is 0.333. The van der Waals surface area contributed by atoms with Crippen LogP contribution in [0.15, 0.2) is 36.5 Å². The number of anilines is 1. The van der Waals surface area contributed by atoms with Gasteiger partial charge in [0.15, 0.2) is 0 Å². The van der Waals surface area contributed by atoms with Crippen molar-refractivity contribution in [1.82, 2.24) is 9.88 Å². The Hall–Kier alpha value is -2.64. The first-order chi connectivity index (χ1) is 12.2. The lowest BCUT2D eigenvalue weighted by atomic mass is 9.99. The van der Waals surface area contributed by atoms with Gasteiger partial charge in [-0.25, -0.2) is 9.37 Å². The number of aromatic nitrogens is 1. The predicted molar refractivity (Wildman–Crippen MR) is 87.7 cm³/mol. The van der Waals surface area contributed by atoms with Gasteiger partial charge in [0.1, 0.15) is 11.6 Å². The molecule has 138 valence electrons. The maximum Gasteiger partial charge on any atom is 0.417 e. The molecule has 0 bridgehead atoms. The van der Waals surface area contributed by atoms with Crippen LogP contribution < -0.4 is 5.32 Å². The first-order valence-electron chi connectivity index (χ1n) is 8.07. The van der Waals surface area contributed by atoms with Crippen LogP contribution in [0.4, 0.5) is 23.4 Å². The molecular weight excluding hydrogens is 350 g/mol. The number of hydrogen-bond donors (Lipinski definition) is 1. The van der Waals surface area contributed by atoms with Gasteiger partial charge in [0, 0.05) is 26.2 Å². The first-order valence-corrected chi connectivity index (χ1v) is 8.07. The van der Waals surface area contributed by atoms with E-state index in [4.69, 9.17) is 0 Å². The number of hydrogen-bond acceptors (Lipinski definition) is 3. The molecule has 2 aromatic rings. The summed E-state index contributed by atoms with van der Waals surface area (Å²) in [6.07, 6.45) is -3.15. The van der Waals surface area contributed by atoms with Crippen LogP contribution in [0.5, 0.6) is 0 Å². The second-order valence-corrected chi connectivity index (χ2v) is 6.20. The first kappa shape index (κ1) is 18.2. The Kier molecular flexibility index (Phi) is 4.84. The van der Waals surface area contributed by atoms with Gasteiger partial charge in [0.25, 0.3) is 0 Å². The van der Waals surface area contributed by atoms with Crippen LogP contribution >= 0.6 is 0 Å². The highest BCUT2D eigenvalue weighted by atomic mass is 19.4. The number of halogens is 4. The van der Waals surface area contributed by atoms with E-state index in [1.54, 1.807) is 11.0 Å². The lowest BCUT2D eigenvalue weighted by Crippen LogP contribution is -2.28. The zero-order valence-electron chi connectivity index (χ0n) is 14.0. The SMILES string of the molecule is CC(=O)N1CCC(Nc2ccc(C(F)(F)F)cn2)c2ccc(F)cc2C1. The van der Waals surface area contributed by atoms with Gasteiger partial charge in [-0.1, -0.05) is 6.07 Å². The van der Waals surface area contributed by atoms with Crippen LogP contribution in [0, 0.1) is 5.82 Å². The van der Waals surface area contributed by atoms with Gasteiger partial charge in [-0.05, 0) is 41.8 Å². The van der Waals surface area contributed by atoms with Gasteiger partial charge >= 0.3 is 6.18 Å². The molecule has 1 amide bonds. The number of pyridine rings is 1. The molecule has 26 heavy (non-hydrogen) atoms. The van der Waals surface area contributed by atoms with Gasteiger partial charge in [-0.15, -0.1) is 0 Å². The molecule has 2 heterocycles. The van der Waals surface area contributed by atoms with Gasteiger partial charge in [-0.2, -0.15) is 13.2 Å². The molecule has 1 aliphatic rings. The molecule has 0 saturated heterocycles. The van der Waals surface area contributed by atoms with Gasteiger partial charge in [0.05, 0.1) is 11.6 Å². The molecule has 0 fully saturated rings. The van der Waals surface area contributed by atoms with Crippen molar-refractivity contribution in [3.8, 4) is 0 Å². The third-order valence-corrected chi connectivity index (χ3v) is 4.39. The maximum atomic E-state index is 13.6. The Morgan fingerprint density at radius 2 is 2.04 bits per heavy atom. The summed E-state index contributed by atoms with van der Waals surface area (Å²) in [5.41, 5.74) is 0.646. The minimum absolute atomic E-state index is 0.117. The molecule has 4 nitrogen and oxygen atoms in total. The molecule has 1 unspecified atom stereocenters. The third-order valence-electron chi connectivity index (χ3n) is 4.39. The van der Waals surface area contributed by atoms with E-state index >= 15 is 0 Å². The molecule has 1 atom stereocenters. The normalized spacial score (nSPS) is 17.4. The number of nitrogens with zero attached hydrogens (tertiary/aromatic N) is 2. The lowest BCUT2D eigenvalue weighted by molar-refractivity contribution is -0.137. The minimum Gasteiger partial charge on any atom is -0.363 e. The number of carbonyl (C=O) groups is 1. The van der Waals surface area contributed by atoms with E-state index in [0.29, 0.717) is 25.1 Å². The van der Waals surface area contributed by atoms with E-state index in [1.807, 2.05) is 0 Å². The summed E-state index contributed by atoms with van der Waals surface area (Å²) in [6, 6.07) is 6.27. The second kappa shape index (κ2) is 6.93. The van der Waals surface area contributed by atoms with Crippen molar-refractivity contribution in [2.75, 3.05) is 11.9 Å². The number of benzene rings is 1. The number of alkyl halides is 3. The van der Waals surface area contributed by atoms with Crippen LogP contribution in [0.1, 0.15) is 36.1 Å². The quantitative estimate of drug-likeness (QED) is 0.812. The van der Waals surface area contributed by atoms with Crippen LogP contribution in [0.2, 0.25) is 0 Å². The average Bonchev–Trinajstić information content (AvgIpc) is 2.74. The van der Waals surface area contributed by atoms with Crippen molar-refractivity contribution in [2.24, 2.45) is 0 Å². The van der Waals surface area contributed by atoms with E-state index < -0.39 is 17.6 Å². The number of fused-ring (bicyclic) bond motifs is 1. The summed E-state index contributed by atoms with van der Waals surface area (Å²) in [5, 5.41) is 3.10. The second-order valence-electron chi connectivity index (χ2n) is 6.20. The van der Waals surface area contributed by atoms with E-state index in [0.717, 1.165) is 17.8 Å². The predicted octanol–water partition coefficient (Wildman–Crippen LogP) is 4.14. The number of carbonyl (C=O) groups excluding carboxylic acids is 1. The number of nitrogens with one attached hydrogen (secondary N) is 1. The highest BCUT2D eigenvalue weighted by Crippen LogP contribution is 2.32. The Bertz CT molecular complexity index is 805. The molecule has 8 heteroatoms. The van der Waals surface area contributed by atoms with Crippen LogP contribution in [-0.4, -0.2) is 22.3 Å². The molecular formula is C18H17F4N3O. The van der Waals surface area contributed by atoms with Crippen molar-refractivity contribution in [1.29, 1.82) is 0 Å². The highest BCUT2D eigenvalue weighted by molar-refractivity contribution is 5.73. The fourth-order valence-corrected chi connectivity index (χ4v) is 3.02. The van der Waals surface area contributed by atoms with E-state index in [1.165, 1.54) is 25.1 Å². The van der Waals surface area contributed by atoms with Crippen molar-refractivity contribution < 1.29 is 22.4 Å². The topological polar surface area (TPSA) is 45.2 Å². The number of amides is 1. The Morgan fingerprint density at radius 3 is 2.65 bits per heavy atom. The largest absolute Gasteiger partial charge is 0.417 e. The smallest absolute Gasteiger partial charge is 0.363 e. The van der Waals surface area contributed by atoms with Crippen LogP contribution in [0.25, 0.3) is 0 Å². The van der Waals surface area contributed by atoms with Crippen molar-refractivity contribution >= 4 is 11.7 Å². The third kappa shape index (κ3) is 3.95. The summed E-state index contributed by atoms with van der Waals surface area (Å²) in [5.74, 6) is -0.233. The van der Waals surface area contributed by atoms with Crippen molar-refractivity contribution in [3.63, 3.8) is 0 Å². The maximum absolute atomic E-state index is 13.6. The van der Waals surface area contributed by atoms with E-state index in [2.05, 4.69) is 10.3 Å². The van der Waals surface area contributed by atoms with Gasteiger partial charge < -0.3 is 10.2 Å². The zero-order valence-corrected chi connectivity index (χ0v) is 14.0. The fourth-order valence-electron chi connectivity index (χ4n) is 3.02. The van der Waals surface area contributed by atoms with E-state index in [9.17, 15) is 22.4 Å². The monoisotopic (exact) mass is 367 g/mol. The Morgan fingerprint density at radius 1 is 1.27 bits per heavy atom. The summed E-state index contributed by atoms with van der Waals surface area (Å²) in [4.78, 5) is 17.2. The molecule has 0 radical (unpaired) electrons. The molecule has 1 aromatic heterocycles. The number of rotatable bonds is 2. The molecule has 0 aliphatic carbocycles. The van der Waals surface area contributed by atoms with Gasteiger partial charge in [0.2, 0.25) is 5.91 Å². The molecule has 3 rings (SSSR count). The van der Waals surface area contributed by atoms with Crippen LogP contribution in [0.3, 0.4) is 0 Å². The molecule has 1 aromatic carbocycles. The van der Waals surface area contributed by atoms with E-state index in [-0.39, 0.29) is 17.8 Å². The van der Waals surface area contributed by atoms with Crippen molar-refractivity contribution in [2.45, 2.75) is 32.1 Å². The Labute approximate surface area is 147 Å². The highest BCUT2D eigenvalue weighted by Gasteiger charge is 2.31. The standard InChI is InChI=1S/C18H17F4N3O/c1-11(26)25-7-6-16(15-4-3-14(19)8-12(15)10-25)24-17-5-2-13(9-23-17)18(20,21)22/h2-5,8-9,16H,6-7,10H2,1H3,(H,23,24). The Balaban J connectivity index is 1.87. The average molecular weight is 367 g/mol. The molecule has 0 spiro atoms. The minimum atomic E-state index is -4.44. The van der Waals surface area contributed by atoms with Crippen LogP contribution in [-0.2, 0) is 17.5 Å². The summed E-state index contributed by atoms with van der Waals surface area (Å²) < 4.78 is 51.6. The lowest BCUT2D eigenvalue weighted by Gasteiger charge is -2.20. The summed E-state index contributed by atoms with van der Waals surface area (Å²) in [6.45, 7) is 2.19. The summed E-state index contributed by atoms with van der Waals surface area (Å²) in [7, 11) is 0. The van der Waals surface area contributed by atoms with Crippen molar-refractivity contribution in [3.05, 3.63) is 59.0 Å². The molecule has 0 saturated carbocycles. The molecule has 1 N–H and O–H groups in total. The molecule has 1 aliphatic heterocycles. The summed E-state index contributed by atoms with van der Waals surface area (Å²) >= 11 is 0. The van der Waals surface area contributed by atoms with Gasteiger partial charge in [-0.3, -0.25) is 4.79 Å².